The Kier molecular flexibility index (Phi) is 5.46. The van der Waals surface area contributed by atoms with Gasteiger partial charge in [0.15, 0.2) is 5.82 Å². The molecule has 5 rings (SSSR count). The molecule has 0 saturated heterocycles. The highest BCUT2D eigenvalue weighted by Crippen LogP contribution is 2.31. The number of fused-ring (bicyclic) bond motifs is 1. The maximum absolute atomic E-state index is 5.21. The summed E-state index contributed by atoms with van der Waals surface area (Å²) in [6.45, 7) is 2.94. The van der Waals surface area contributed by atoms with Crippen molar-refractivity contribution >= 4 is 27.4 Å². The summed E-state index contributed by atoms with van der Waals surface area (Å²) in [7, 11) is 0. The minimum atomic E-state index is 0.690. The summed E-state index contributed by atoms with van der Waals surface area (Å²) in [5, 5.41) is 4.60. The van der Waals surface area contributed by atoms with Gasteiger partial charge < -0.3 is 9.73 Å². The molecule has 0 aliphatic rings. The van der Waals surface area contributed by atoms with Crippen LogP contribution in [0.3, 0.4) is 0 Å². The lowest BCUT2D eigenvalue weighted by Crippen LogP contribution is -2.06. The standard InChI is InChI=1S/C25H22N4OS/c1-17-15-21-24(28-23(29-25(21)31-17)20-11-14-30-16-20)27-13-4-5-18-7-9-19(10-8-18)22-6-2-3-12-26-22/h2-3,6-12,14-16H,4-5,13H2,1H3,(H,27,28,29). The van der Waals surface area contributed by atoms with E-state index in [1.54, 1.807) is 23.9 Å². The van der Waals surface area contributed by atoms with Crippen LogP contribution in [0.5, 0.6) is 0 Å². The fourth-order valence-electron chi connectivity index (χ4n) is 3.57. The predicted molar refractivity (Wildman–Crippen MR) is 126 cm³/mol. The van der Waals surface area contributed by atoms with E-state index < -0.39 is 0 Å². The molecule has 154 valence electrons. The molecule has 0 saturated carbocycles. The van der Waals surface area contributed by atoms with Crippen molar-refractivity contribution in [3.8, 4) is 22.6 Å². The van der Waals surface area contributed by atoms with Crippen LogP contribution in [0.4, 0.5) is 5.82 Å². The second kappa shape index (κ2) is 8.70. The first-order valence-corrected chi connectivity index (χ1v) is 11.1. The average Bonchev–Trinajstić information content (AvgIpc) is 3.47. The van der Waals surface area contributed by atoms with Crippen molar-refractivity contribution in [1.82, 2.24) is 15.0 Å². The summed E-state index contributed by atoms with van der Waals surface area (Å²) in [5.74, 6) is 1.58. The van der Waals surface area contributed by atoms with Gasteiger partial charge in [-0.25, -0.2) is 9.97 Å². The molecule has 0 atom stereocenters. The molecule has 0 spiro atoms. The van der Waals surface area contributed by atoms with E-state index >= 15 is 0 Å². The lowest BCUT2D eigenvalue weighted by molar-refractivity contribution is 0.568. The van der Waals surface area contributed by atoms with E-state index in [-0.39, 0.29) is 0 Å². The largest absolute Gasteiger partial charge is 0.472 e. The lowest BCUT2D eigenvalue weighted by atomic mass is 10.1. The van der Waals surface area contributed by atoms with Crippen molar-refractivity contribution < 1.29 is 4.42 Å². The monoisotopic (exact) mass is 426 g/mol. The SMILES string of the molecule is Cc1cc2c(NCCCc3ccc(-c4ccccn4)cc3)nc(-c3ccoc3)nc2s1. The molecule has 0 unspecified atom stereocenters. The Balaban J connectivity index is 1.25. The van der Waals surface area contributed by atoms with Gasteiger partial charge in [0.1, 0.15) is 16.9 Å². The van der Waals surface area contributed by atoms with Gasteiger partial charge >= 0.3 is 0 Å². The quantitative estimate of drug-likeness (QED) is 0.307. The Hall–Kier alpha value is -3.51. The van der Waals surface area contributed by atoms with Gasteiger partial charge in [0.05, 0.1) is 22.9 Å². The summed E-state index contributed by atoms with van der Waals surface area (Å²) in [6, 6.07) is 18.7. The van der Waals surface area contributed by atoms with E-state index in [4.69, 9.17) is 14.4 Å². The summed E-state index contributed by atoms with van der Waals surface area (Å²) >= 11 is 1.69. The third-order valence-corrected chi connectivity index (χ3v) is 6.09. The molecule has 0 aliphatic carbocycles. The van der Waals surface area contributed by atoms with Gasteiger partial charge in [0.2, 0.25) is 0 Å². The van der Waals surface area contributed by atoms with E-state index in [1.807, 2.05) is 30.5 Å². The van der Waals surface area contributed by atoms with Crippen LogP contribution in [0, 0.1) is 6.92 Å². The van der Waals surface area contributed by atoms with Crippen LogP contribution in [-0.4, -0.2) is 21.5 Å². The van der Waals surface area contributed by atoms with Crippen LogP contribution in [0.2, 0.25) is 0 Å². The Bertz CT molecular complexity index is 1280. The minimum absolute atomic E-state index is 0.690. The minimum Gasteiger partial charge on any atom is -0.472 e. The third-order valence-electron chi connectivity index (χ3n) is 5.14. The van der Waals surface area contributed by atoms with Crippen LogP contribution in [0.15, 0.2) is 77.7 Å². The number of hydrogen-bond donors (Lipinski definition) is 1. The fraction of sp³-hybridized carbons (Fsp3) is 0.160. The summed E-state index contributed by atoms with van der Waals surface area (Å²) in [4.78, 5) is 16.1. The van der Waals surface area contributed by atoms with E-state index in [1.165, 1.54) is 10.4 Å². The second-order valence-electron chi connectivity index (χ2n) is 7.43. The highest BCUT2D eigenvalue weighted by atomic mass is 32.1. The van der Waals surface area contributed by atoms with Crippen LogP contribution in [-0.2, 0) is 6.42 Å². The Morgan fingerprint density at radius 1 is 1.00 bits per heavy atom. The highest BCUT2D eigenvalue weighted by molar-refractivity contribution is 7.18. The fourth-order valence-corrected chi connectivity index (χ4v) is 4.45. The van der Waals surface area contributed by atoms with Crippen LogP contribution < -0.4 is 5.32 Å². The number of furan rings is 1. The van der Waals surface area contributed by atoms with Gasteiger partial charge in [-0.2, -0.15) is 0 Å². The smallest absolute Gasteiger partial charge is 0.166 e. The molecule has 1 aromatic carbocycles. The number of hydrogen-bond acceptors (Lipinski definition) is 6. The molecule has 4 heterocycles. The number of nitrogens with zero attached hydrogens (tertiary/aromatic N) is 3. The molecule has 0 bridgehead atoms. The van der Waals surface area contributed by atoms with Gasteiger partial charge in [0.25, 0.3) is 0 Å². The van der Waals surface area contributed by atoms with E-state index in [9.17, 15) is 0 Å². The van der Waals surface area contributed by atoms with Gasteiger partial charge in [-0.3, -0.25) is 4.98 Å². The van der Waals surface area contributed by atoms with E-state index in [2.05, 4.69) is 47.6 Å². The lowest BCUT2D eigenvalue weighted by Gasteiger charge is -2.09. The molecular formula is C25H22N4OS. The number of aromatic nitrogens is 3. The summed E-state index contributed by atoms with van der Waals surface area (Å²) < 4.78 is 5.21. The summed E-state index contributed by atoms with van der Waals surface area (Å²) in [6.07, 6.45) is 7.17. The van der Waals surface area contributed by atoms with Crippen molar-refractivity contribution in [2.45, 2.75) is 19.8 Å². The molecule has 1 N–H and O–H groups in total. The zero-order valence-corrected chi connectivity index (χ0v) is 18.0. The molecule has 0 radical (unpaired) electrons. The number of rotatable bonds is 7. The zero-order valence-electron chi connectivity index (χ0n) is 17.2. The first kappa shape index (κ1) is 19.5. The molecule has 6 heteroatoms. The van der Waals surface area contributed by atoms with Crippen molar-refractivity contribution in [2.24, 2.45) is 0 Å². The van der Waals surface area contributed by atoms with Gasteiger partial charge in [-0.05, 0) is 49.6 Å². The number of thiophene rings is 1. The topological polar surface area (TPSA) is 63.8 Å². The maximum atomic E-state index is 5.21. The Morgan fingerprint density at radius 2 is 1.90 bits per heavy atom. The van der Waals surface area contributed by atoms with Gasteiger partial charge in [-0.15, -0.1) is 11.3 Å². The number of benzene rings is 1. The zero-order chi connectivity index (χ0) is 21.0. The van der Waals surface area contributed by atoms with E-state index in [0.29, 0.717) is 5.82 Å². The van der Waals surface area contributed by atoms with Gasteiger partial charge in [-0.1, -0.05) is 30.3 Å². The normalized spacial score (nSPS) is 11.1. The Morgan fingerprint density at radius 3 is 2.68 bits per heavy atom. The maximum Gasteiger partial charge on any atom is 0.166 e. The van der Waals surface area contributed by atoms with Crippen molar-refractivity contribution in [1.29, 1.82) is 0 Å². The second-order valence-corrected chi connectivity index (χ2v) is 8.66. The molecule has 0 fully saturated rings. The average molecular weight is 427 g/mol. The van der Waals surface area contributed by atoms with E-state index in [0.717, 1.165) is 52.2 Å². The van der Waals surface area contributed by atoms with Crippen LogP contribution in [0.1, 0.15) is 16.9 Å². The molecule has 31 heavy (non-hydrogen) atoms. The first-order valence-electron chi connectivity index (χ1n) is 10.3. The molecule has 0 amide bonds. The first-order chi connectivity index (χ1) is 15.3. The third kappa shape index (κ3) is 4.34. The molecule has 5 nitrogen and oxygen atoms in total. The van der Waals surface area contributed by atoms with Crippen LogP contribution in [0.25, 0.3) is 32.9 Å². The summed E-state index contributed by atoms with van der Waals surface area (Å²) in [5.41, 5.74) is 4.36. The van der Waals surface area contributed by atoms with Gasteiger partial charge in [0, 0.05) is 23.2 Å². The van der Waals surface area contributed by atoms with Crippen LogP contribution >= 0.6 is 11.3 Å². The van der Waals surface area contributed by atoms with Crippen molar-refractivity contribution in [3.05, 3.63) is 83.8 Å². The predicted octanol–water partition coefficient (Wildman–Crippen LogP) is 6.37. The molecular weight excluding hydrogens is 404 g/mol. The number of aryl methyl sites for hydroxylation is 2. The van der Waals surface area contributed by atoms with Crippen molar-refractivity contribution in [3.63, 3.8) is 0 Å². The Labute approximate surface area is 184 Å². The number of pyridine rings is 1. The number of nitrogens with one attached hydrogen (secondary N) is 1. The van der Waals surface area contributed by atoms with Crippen molar-refractivity contribution in [2.75, 3.05) is 11.9 Å². The molecule has 5 aromatic rings. The number of anilines is 1. The molecule has 0 aliphatic heterocycles. The molecule has 4 aromatic heterocycles. The highest BCUT2D eigenvalue weighted by Gasteiger charge is 2.12.